The van der Waals surface area contributed by atoms with E-state index < -0.39 is 0 Å². The van der Waals surface area contributed by atoms with Gasteiger partial charge >= 0.3 is 0 Å². The molecule has 8 aromatic carbocycles. The van der Waals surface area contributed by atoms with Crippen molar-refractivity contribution in [3.05, 3.63) is 164 Å². The Morgan fingerprint density at radius 3 is 1.40 bits per heavy atom. The van der Waals surface area contributed by atoms with Crippen molar-refractivity contribution in [2.45, 2.75) is 0 Å². The van der Waals surface area contributed by atoms with Crippen molar-refractivity contribution in [2.75, 3.05) is 0 Å². The highest BCUT2D eigenvalue weighted by molar-refractivity contribution is 6.25. The van der Waals surface area contributed by atoms with Crippen LogP contribution in [0.2, 0.25) is 0 Å². The van der Waals surface area contributed by atoms with Crippen molar-refractivity contribution in [3.8, 4) is 27.9 Å². The lowest BCUT2D eigenvalue weighted by Crippen LogP contribution is -1.93. The molecule has 0 radical (unpaired) electrons. The van der Waals surface area contributed by atoms with Gasteiger partial charge in [0.1, 0.15) is 0 Å². The SMILES string of the molecule is c1ccc(-n2c3ccccc3c3ccc(-c4cccc(-c5ccc6c7ccccc7c7ccccc7c6c5)c4)cc32)cc1. The Hall–Kier alpha value is -5.66. The second-order valence-corrected chi connectivity index (χ2v) is 11.4. The molecule has 0 N–H and O–H groups in total. The number of aromatic nitrogens is 1. The van der Waals surface area contributed by atoms with E-state index in [0.29, 0.717) is 0 Å². The fourth-order valence-electron chi connectivity index (χ4n) is 6.97. The van der Waals surface area contributed by atoms with Gasteiger partial charge in [0.2, 0.25) is 0 Å². The average molecular weight is 546 g/mol. The van der Waals surface area contributed by atoms with Crippen LogP contribution < -0.4 is 0 Å². The Morgan fingerprint density at radius 2 is 0.721 bits per heavy atom. The molecular weight excluding hydrogens is 518 g/mol. The highest BCUT2D eigenvalue weighted by Gasteiger charge is 2.14. The van der Waals surface area contributed by atoms with Gasteiger partial charge in [-0.1, -0.05) is 127 Å². The largest absolute Gasteiger partial charge is 0.309 e. The maximum atomic E-state index is 2.39. The third-order valence-electron chi connectivity index (χ3n) is 8.96. The minimum Gasteiger partial charge on any atom is -0.309 e. The zero-order valence-electron chi connectivity index (χ0n) is 23.5. The first-order chi connectivity index (χ1) is 21.3. The molecule has 9 aromatic rings. The van der Waals surface area contributed by atoms with Crippen LogP contribution in [0, 0.1) is 0 Å². The smallest absolute Gasteiger partial charge is 0.0547 e. The van der Waals surface area contributed by atoms with Crippen LogP contribution in [0.5, 0.6) is 0 Å². The first kappa shape index (κ1) is 24.0. The fraction of sp³-hybridized carbons (Fsp3) is 0. The molecule has 0 bridgehead atoms. The summed E-state index contributed by atoms with van der Waals surface area (Å²) in [7, 11) is 0. The Morgan fingerprint density at radius 1 is 0.256 bits per heavy atom. The van der Waals surface area contributed by atoms with Gasteiger partial charge in [-0.3, -0.25) is 0 Å². The lowest BCUT2D eigenvalue weighted by atomic mass is 9.91. The number of rotatable bonds is 3. The van der Waals surface area contributed by atoms with Gasteiger partial charge in [-0.15, -0.1) is 0 Å². The monoisotopic (exact) mass is 545 g/mol. The summed E-state index contributed by atoms with van der Waals surface area (Å²) in [6, 6.07) is 59.7. The first-order valence-electron chi connectivity index (χ1n) is 14.9. The highest BCUT2D eigenvalue weighted by Crippen LogP contribution is 2.39. The lowest BCUT2D eigenvalue weighted by Gasteiger charge is -2.13. The van der Waals surface area contributed by atoms with Gasteiger partial charge in [0.05, 0.1) is 11.0 Å². The molecule has 200 valence electrons. The molecule has 0 atom stereocenters. The molecule has 1 nitrogen and oxygen atoms in total. The maximum absolute atomic E-state index is 2.39. The number of fused-ring (bicyclic) bond motifs is 9. The zero-order chi connectivity index (χ0) is 28.3. The number of nitrogens with zero attached hydrogens (tertiary/aromatic N) is 1. The molecule has 0 unspecified atom stereocenters. The Kier molecular flexibility index (Phi) is 5.27. The molecule has 9 rings (SSSR count). The van der Waals surface area contributed by atoms with Gasteiger partial charge in [0, 0.05) is 16.5 Å². The predicted molar refractivity (Wildman–Crippen MR) is 184 cm³/mol. The van der Waals surface area contributed by atoms with Crippen LogP contribution in [0.15, 0.2) is 164 Å². The van der Waals surface area contributed by atoms with Gasteiger partial charge in [0.15, 0.2) is 0 Å². The molecule has 0 spiro atoms. The van der Waals surface area contributed by atoms with Gasteiger partial charge in [0.25, 0.3) is 0 Å². The summed E-state index contributed by atoms with van der Waals surface area (Å²) in [5.41, 5.74) is 8.51. The van der Waals surface area contributed by atoms with Crippen LogP contribution >= 0.6 is 0 Å². The third-order valence-corrected chi connectivity index (χ3v) is 8.96. The van der Waals surface area contributed by atoms with Gasteiger partial charge in [-0.25, -0.2) is 0 Å². The molecule has 0 aliphatic carbocycles. The summed E-state index contributed by atoms with van der Waals surface area (Å²) in [6.07, 6.45) is 0. The fourth-order valence-corrected chi connectivity index (χ4v) is 6.97. The van der Waals surface area contributed by atoms with Crippen molar-refractivity contribution in [3.63, 3.8) is 0 Å². The predicted octanol–water partition coefficient (Wildman–Crippen LogP) is 11.6. The Bertz CT molecular complexity index is 2460. The van der Waals surface area contributed by atoms with Crippen LogP contribution in [0.3, 0.4) is 0 Å². The molecule has 1 heterocycles. The van der Waals surface area contributed by atoms with Crippen LogP contribution in [-0.2, 0) is 0 Å². The van der Waals surface area contributed by atoms with Crippen LogP contribution in [0.25, 0.3) is 82.1 Å². The topological polar surface area (TPSA) is 4.93 Å². The molecule has 0 amide bonds. The summed E-state index contributed by atoms with van der Waals surface area (Å²) in [5.74, 6) is 0. The highest BCUT2D eigenvalue weighted by atomic mass is 15.0. The van der Waals surface area contributed by atoms with Crippen molar-refractivity contribution in [1.82, 2.24) is 4.57 Å². The standard InChI is InChI=1S/C42H27N/c1-2-13-32(14-3-1)43-41-20-9-8-19-38(41)39-24-22-31(27-42(39)43)29-12-10-11-28(25-29)30-21-23-37-35-17-5-4-15-33(35)34-16-6-7-18-36(34)40(37)26-30/h1-27H. The summed E-state index contributed by atoms with van der Waals surface area (Å²) in [6.45, 7) is 0. The van der Waals surface area contributed by atoms with Gasteiger partial charge in [-0.05, 0) is 91.0 Å². The second kappa shape index (κ2) is 9.44. The minimum absolute atomic E-state index is 1.18. The van der Waals surface area contributed by atoms with Crippen molar-refractivity contribution in [2.24, 2.45) is 0 Å². The summed E-state index contributed by atoms with van der Waals surface area (Å²) in [5, 5.41) is 10.4. The van der Waals surface area contributed by atoms with E-state index in [-0.39, 0.29) is 0 Å². The van der Waals surface area contributed by atoms with Gasteiger partial charge in [-0.2, -0.15) is 0 Å². The van der Waals surface area contributed by atoms with E-state index >= 15 is 0 Å². The molecule has 0 fully saturated rings. The average Bonchev–Trinajstić information content (AvgIpc) is 3.42. The van der Waals surface area contributed by atoms with E-state index in [4.69, 9.17) is 0 Å². The molecule has 1 heteroatoms. The van der Waals surface area contributed by atoms with Crippen LogP contribution in [-0.4, -0.2) is 4.57 Å². The third kappa shape index (κ3) is 3.72. The van der Waals surface area contributed by atoms with E-state index in [1.54, 1.807) is 0 Å². The molecule has 1 aromatic heterocycles. The number of hydrogen-bond donors (Lipinski definition) is 0. The van der Waals surface area contributed by atoms with E-state index in [9.17, 15) is 0 Å². The zero-order valence-corrected chi connectivity index (χ0v) is 23.5. The Balaban J connectivity index is 1.22. The summed E-state index contributed by atoms with van der Waals surface area (Å²) >= 11 is 0. The van der Waals surface area contributed by atoms with E-state index in [0.717, 1.165) is 0 Å². The molecule has 43 heavy (non-hydrogen) atoms. The first-order valence-corrected chi connectivity index (χ1v) is 14.9. The minimum atomic E-state index is 1.18. The van der Waals surface area contributed by atoms with Gasteiger partial charge < -0.3 is 4.57 Å². The Labute approximate surface area is 249 Å². The molecule has 0 aliphatic rings. The molecule has 0 aliphatic heterocycles. The summed E-state index contributed by atoms with van der Waals surface area (Å²) in [4.78, 5) is 0. The maximum Gasteiger partial charge on any atom is 0.0547 e. The number of benzene rings is 8. The van der Waals surface area contributed by atoms with Crippen molar-refractivity contribution >= 4 is 54.1 Å². The van der Waals surface area contributed by atoms with Crippen molar-refractivity contribution < 1.29 is 0 Å². The van der Waals surface area contributed by atoms with E-state index in [1.165, 1.54) is 82.1 Å². The number of hydrogen-bond acceptors (Lipinski definition) is 0. The number of para-hydroxylation sites is 2. The molecule has 0 saturated heterocycles. The second-order valence-electron chi connectivity index (χ2n) is 11.4. The van der Waals surface area contributed by atoms with Crippen molar-refractivity contribution in [1.29, 1.82) is 0 Å². The van der Waals surface area contributed by atoms with E-state index in [1.807, 2.05) is 0 Å². The lowest BCUT2D eigenvalue weighted by molar-refractivity contribution is 1.18. The summed E-state index contributed by atoms with van der Waals surface area (Å²) < 4.78 is 2.39. The molecule has 0 saturated carbocycles. The quantitative estimate of drug-likeness (QED) is 0.195. The van der Waals surface area contributed by atoms with Crippen LogP contribution in [0.4, 0.5) is 0 Å². The van der Waals surface area contributed by atoms with Crippen LogP contribution in [0.1, 0.15) is 0 Å². The normalized spacial score (nSPS) is 11.7. The van der Waals surface area contributed by atoms with E-state index in [2.05, 4.69) is 168 Å². The molecular formula is C42H27N.